The van der Waals surface area contributed by atoms with E-state index >= 15 is 0 Å². The number of phenolic OH excluding ortho intramolecular Hbond substituents is 1. The van der Waals surface area contributed by atoms with E-state index in [0.29, 0.717) is 12.1 Å². The molecule has 6 nitrogen and oxygen atoms in total. The van der Waals surface area contributed by atoms with Gasteiger partial charge in [-0.1, -0.05) is 0 Å². The van der Waals surface area contributed by atoms with Crippen LogP contribution < -0.4 is 5.43 Å². The van der Waals surface area contributed by atoms with Crippen LogP contribution in [0, 0.1) is 0 Å². The largest absolute Gasteiger partial charge is 0.508 e. The highest BCUT2D eigenvalue weighted by Crippen LogP contribution is 2.10. The van der Waals surface area contributed by atoms with Crippen molar-refractivity contribution in [2.75, 3.05) is 32.8 Å². The predicted molar refractivity (Wildman–Crippen MR) is 80.3 cm³/mol. The Bertz CT molecular complexity index is 493. The number of ether oxygens (including phenoxy) is 1. The van der Waals surface area contributed by atoms with Gasteiger partial charge in [-0.2, -0.15) is 5.10 Å². The van der Waals surface area contributed by atoms with Crippen molar-refractivity contribution in [2.45, 2.75) is 13.3 Å². The van der Waals surface area contributed by atoms with Gasteiger partial charge in [0.15, 0.2) is 0 Å². The number of carbonyl (C=O) groups is 1. The fourth-order valence-corrected chi connectivity index (χ4v) is 2.05. The van der Waals surface area contributed by atoms with E-state index in [9.17, 15) is 9.90 Å². The highest BCUT2D eigenvalue weighted by Gasteiger charge is 2.11. The monoisotopic (exact) mass is 291 g/mol. The summed E-state index contributed by atoms with van der Waals surface area (Å²) in [5.41, 5.74) is 4.13. The summed E-state index contributed by atoms with van der Waals surface area (Å²) in [7, 11) is 0. The molecule has 114 valence electrons. The van der Waals surface area contributed by atoms with E-state index in [1.165, 1.54) is 0 Å². The molecule has 1 aromatic rings. The van der Waals surface area contributed by atoms with Gasteiger partial charge in [-0.05, 0) is 36.8 Å². The van der Waals surface area contributed by atoms with Crippen LogP contribution in [0.1, 0.15) is 18.9 Å². The molecule has 1 saturated heterocycles. The first-order chi connectivity index (χ1) is 10.1. The SMILES string of the molecule is CC(=NNC(=O)CCN1CCOCC1)c1ccc(O)cc1. The number of hydrogen-bond acceptors (Lipinski definition) is 5. The van der Waals surface area contributed by atoms with Crippen molar-refractivity contribution in [3.63, 3.8) is 0 Å². The van der Waals surface area contributed by atoms with Crippen molar-refractivity contribution in [1.82, 2.24) is 10.3 Å². The predicted octanol–water partition coefficient (Wildman–Crippen LogP) is 0.955. The van der Waals surface area contributed by atoms with Crippen molar-refractivity contribution in [2.24, 2.45) is 5.10 Å². The average Bonchev–Trinajstić information content (AvgIpc) is 2.52. The maximum Gasteiger partial charge on any atom is 0.241 e. The summed E-state index contributed by atoms with van der Waals surface area (Å²) in [5, 5.41) is 13.3. The number of aromatic hydroxyl groups is 1. The van der Waals surface area contributed by atoms with Crippen LogP contribution >= 0.6 is 0 Å². The van der Waals surface area contributed by atoms with Crippen molar-refractivity contribution < 1.29 is 14.6 Å². The van der Waals surface area contributed by atoms with Gasteiger partial charge < -0.3 is 9.84 Å². The van der Waals surface area contributed by atoms with Crippen LogP contribution in [-0.2, 0) is 9.53 Å². The molecule has 0 aromatic heterocycles. The van der Waals surface area contributed by atoms with Crippen LogP contribution in [0.5, 0.6) is 5.75 Å². The zero-order chi connectivity index (χ0) is 15.1. The minimum absolute atomic E-state index is 0.0976. The molecule has 0 saturated carbocycles. The Hall–Kier alpha value is -1.92. The number of hydrogen-bond donors (Lipinski definition) is 2. The molecule has 1 amide bonds. The molecule has 0 atom stereocenters. The van der Waals surface area contributed by atoms with Crippen molar-refractivity contribution in [3.05, 3.63) is 29.8 Å². The first-order valence-electron chi connectivity index (χ1n) is 7.08. The van der Waals surface area contributed by atoms with Gasteiger partial charge in [0.2, 0.25) is 5.91 Å². The van der Waals surface area contributed by atoms with E-state index in [2.05, 4.69) is 15.4 Å². The summed E-state index contributed by atoms with van der Waals surface area (Å²) < 4.78 is 5.26. The van der Waals surface area contributed by atoms with Gasteiger partial charge in [0.05, 0.1) is 18.9 Å². The summed E-state index contributed by atoms with van der Waals surface area (Å²) in [5.74, 6) is 0.112. The Morgan fingerprint density at radius 3 is 2.67 bits per heavy atom. The second-order valence-corrected chi connectivity index (χ2v) is 4.98. The fraction of sp³-hybridized carbons (Fsp3) is 0.467. The van der Waals surface area contributed by atoms with Crippen molar-refractivity contribution in [3.8, 4) is 5.75 Å². The standard InChI is InChI=1S/C15H21N3O3/c1-12(13-2-4-14(19)5-3-13)16-17-15(20)6-7-18-8-10-21-11-9-18/h2-5,19H,6-11H2,1H3,(H,17,20). The Morgan fingerprint density at radius 1 is 1.33 bits per heavy atom. The van der Waals surface area contributed by atoms with Crippen molar-refractivity contribution in [1.29, 1.82) is 0 Å². The lowest BCUT2D eigenvalue weighted by Gasteiger charge is -2.25. The number of rotatable bonds is 5. The van der Waals surface area contributed by atoms with E-state index in [4.69, 9.17) is 4.74 Å². The van der Waals surface area contributed by atoms with E-state index in [-0.39, 0.29) is 11.7 Å². The highest BCUT2D eigenvalue weighted by molar-refractivity contribution is 5.99. The molecule has 0 radical (unpaired) electrons. The van der Waals surface area contributed by atoms with E-state index < -0.39 is 0 Å². The van der Waals surface area contributed by atoms with Gasteiger partial charge in [-0.3, -0.25) is 9.69 Å². The van der Waals surface area contributed by atoms with E-state index in [0.717, 1.165) is 38.4 Å². The molecule has 0 aliphatic carbocycles. The molecular formula is C15H21N3O3. The molecule has 0 spiro atoms. The summed E-state index contributed by atoms with van der Waals surface area (Å²) in [6.07, 6.45) is 0.423. The number of nitrogens with zero attached hydrogens (tertiary/aromatic N) is 2. The molecule has 6 heteroatoms. The van der Waals surface area contributed by atoms with Crippen LogP contribution in [0.15, 0.2) is 29.4 Å². The highest BCUT2D eigenvalue weighted by atomic mass is 16.5. The third kappa shape index (κ3) is 5.17. The lowest BCUT2D eigenvalue weighted by Crippen LogP contribution is -2.38. The maximum absolute atomic E-state index is 11.8. The number of nitrogens with one attached hydrogen (secondary N) is 1. The first kappa shape index (κ1) is 15.5. The van der Waals surface area contributed by atoms with Crippen LogP contribution in [-0.4, -0.2) is 54.5 Å². The number of phenols is 1. The van der Waals surface area contributed by atoms with E-state index in [1.54, 1.807) is 24.3 Å². The number of hydrazone groups is 1. The molecule has 1 aliphatic rings. The maximum atomic E-state index is 11.8. The average molecular weight is 291 g/mol. The minimum Gasteiger partial charge on any atom is -0.508 e. The van der Waals surface area contributed by atoms with Crippen LogP contribution in [0.2, 0.25) is 0 Å². The molecule has 1 fully saturated rings. The second-order valence-electron chi connectivity index (χ2n) is 4.98. The van der Waals surface area contributed by atoms with Crippen molar-refractivity contribution >= 4 is 11.6 Å². The zero-order valence-electron chi connectivity index (χ0n) is 12.2. The number of amides is 1. The van der Waals surface area contributed by atoms with E-state index in [1.807, 2.05) is 6.92 Å². The summed E-state index contributed by atoms with van der Waals surface area (Å²) in [4.78, 5) is 14.0. The third-order valence-corrected chi connectivity index (χ3v) is 3.39. The summed E-state index contributed by atoms with van der Waals surface area (Å²) in [6, 6.07) is 6.70. The van der Waals surface area contributed by atoms with Gasteiger partial charge in [-0.15, -0.1) is 0 Å². The smallest absolute Gasteiger partial charge is 0.241 e. The molecule has 21 heavy (non-hydrogen) atoms. The van der Waals surface area contributed by atoms with Crippen LogP contribution in [0.4, 0.5) is 0 Å². The Balaban J connectivity index is 1.76. The Morgan fingerprint density at radius 2 is 2.00 bits per heavy atom. The molecule has 0 unspecified atom stereocenters. The Kier molecular flexibility index (Phi) is 5.71. The van der Waals surface area contributed by atoms with Gasteiger partial charge in [0.25, 0.3) is 0 Å². The number of carbonyl (C=O) groups excluding carboxylic acids is 1. The minimum atomic E-state index is -0.0976. The molecule has 1 aliphatic heterocycles. The lowest BCUT2D eigenvalue weighted by atomic mass is 10.1. The molecule has 1 heterocycles. The molecule has 2 N–H and O–H groups in total. The summed E-state index contributed by atoms with van der Waals surface area (Å²) >= 11 is 0. The van der Waals surface area contributed by atoms with Crippen LogP contribution in [0.3, 0.4) is 0 Å². The van der Waals surface area contributed by atoms with Gasteiger partial charge in [0, 0.05) is 26.1 Å². The first-order valence-corrected chi connectivity index (χ1v) is 7.08. The summed E-state index contributed by atoms with van der Waals surface area (Å²) in [6.45, 7) is 5.77. The number of benzene rings is 1. The van der Waals surface area contributed by atoms with Crippen LogP contribution in [0.25, 0.3) is 0 Å². The lowest BCUT2D eigenvalue weighted by molar-refractivity contribution is -0.121. The second kappa shape index (κ2) is 7.75. The molecule has 0 bridgehead atoms. The normalized spacial score (nSPS) is 16.7. The zero-order valence-corrected chi connectivity index (χ0v) is 12.2. The van der Waals surface area contributed by atoms with Gasteiger partial charge in [0.1, 0.15) is 5.75 Å². The van der Waals surface area contributed by atoms with Gasteiger partial charge in [-0.25, -0.2) is 5.43 Å². The van der Waals surface area contributed by atoms with Gasteiger partial charge >= 0.3 is 0 Å². The Labute approximate surface area is 124 Å². The number of morpholine rings is 1. The molecule has 2 rings (SSSR count). The topological polar surface area (TPSA) is 74.2 Å². The molecule has 1 aromatic carbocycles. The fourth-order valence-electron chi connectivity index (χ4n) is 2.05. The molecular weight excluding hydrogens is 270 g/mol. The third-order valence-electron chi connectivity index (χ3n) is 3.39. The quantitative estimate of drug-likeness (QED) is 0.626.